The summed E-state index contributed by atoms with van der Waals surface area (Å²) in [5.74, 6) is 0.0829. The Morgan fingerprint density at radius 2 is 2.21 bits per heavy atom. The molecule has 2 heterocycles. The Kier molecular flexibility index (Phi) is 4.75. The number of halogens is 1. The zero-order valence-electron chi connectivity index (χ0n) is 13.1. The summed E-state index contributed by atoms with van der Waals surface area (Å²) in [5.41, 5.74) is -0.721. The van der Waals surface area contributed by atoms with Gasteiger partial charge in [-0.3, -0.25) is 4.79 Å². The lowest BCUT2D eigenvalue weighted by Crippen LogP contribution is -2.49. The van der Waals surface area contributed by atoms with Crippen molar-refractivity contribution in [2.45, 2.75) is 24.9 Å². The first kappa shape index (κ1) is 16.4. The second-order valence-electron chi connectivity index (χ2n) is 5.86. The van der Waals surface area contributed by atoms with Crippen molar-refractivity contribution in [1.82, 2.24) is 20.3 Å². The second-order valence-corrected chi connectivity index (χ2v) is 5.86. The van der Waals surface area contributed by atoms with Crippen LogP contribution in [0, 0.1) is 5.82 Å². The van der Waals surface area contributed by atoms with Crippen LogP contribution in [0.5, 0.6) is 5.75 Å². The van der Waals surface area contributed by atoms with Crippen LogP contribution in [0.1, 0.15) is 25.0 Å². The van der Waals surface area contributed by atoms with Crippen molar-refractivity contribution in [2.24, 2.45) is 0 Å². The first-order chi connectivity index (χ1) is 11.6. The fourth-order valence-corrected chi connectivity index (χ4v) is 2.83. The number of amides is 1. The molecule has 7 nitrogen and oxygen atoms in total. The number of carbonyl (C=O) groups is 1. The molecule has 0 bridgehead atoms. The Bertz CT molecular complexity index is 677. The van der Waals surface area contributed by atoms with E-state index in [4.69, 9.17) is 4.74 Å². The van der Waals surface area contributed by atoms with Gasteiger partial charge in [0.25, 0.3) is 0 Å². The highest BCUT2D eigenvalue weighted by molar-refractivity contribution is 5.76. The van der Waals surface area contributed by atoms with Crippen LogP contribution in [0.3, 0.4) is 0 Å². The zero-order chi connectivity index (χ0) is 17.0. The van der Waals surface area contributed by atoms with Crippen LogP contribution in [-0.2, 0) is 10.4 Å². The van der Waals surface area contributed by atoms with Crippen molar-refractivity contribution >= 4 is 5.91 Å². The molecule has 1 aromatic heterocycles. The molecule has 1 aliphatic rings. The van der Waals surface area contributed by atoms with E-state index in [1.807, 2.05) is 0 Å². The van der Waals surface area contributed by atoms with E-state index in [-0.39, 0.29) is 31.3 Å². The number of hydrogen-bond donors (Lipinski definition) is 2. The van der Waals surface area contributed by atoms with Gasteiger partial charge in [0.15, 0.2) is 0 Å². The number of piperidine rings is 1. The van der Waals surface area contributed by atoms with E-state index in [0.717, 1.165) is 0 Å². The fraction of sp³-hybridized carbons (Fsp3) is 0.438. The molecular weight excluding hydrogens is 315 g/mol. The molecule has 8 heteroatoms. The molecule has 1 fully saturated rings. The Labute approximate surface area is 138 Å². The molecule has 1 amide bonds. The van der Waals surface area contributed by atoms with Crippen molar-refractivity contribution in [1.29, 1.82) is 0 Å². The Hall–Kier alpha value is -2.48. The number of nitrogens with one attached hydrogen (secondary N) is 1. The number of aliphatic hydroxyl groups is 1. The lowest BCUT2D eigenvalue weighted by molar-refractivity contribution is -0.139. The Morgan fingerprint density at radius 1 is 1.42 bits per heavy atom. The van der Waals surface area contributed by atoms with Gasteiger partial charge in [0.2, 0.25) is 5.91 Å². The van der Waals surface area contributed by atoms with Crippen molar-refractivity contribution in [3.8, 4) is 5.75 Å². The predicted molar refractivity (Wildman–Crippen MR) is 82.6 cm³/mol. The van der Waals surface area contributed by atoms with E-state index < -0.39 is 5.60 Å². The summed E-state index contributed by atoms with van der Waals surface area (Å²) >= 11 is 0. The van der Waals surface area contributed by atoms with Gasteiger partial charge in [0, 0.05) is 6.54 Å². The van der Waals surface area contributed by atoms with E-state index in [1.54, 1.807) is 4.90 Å². The highest BCUT2D eigenvalue weighted by Gasteiger charge is 2.38. The van der Waals surface area contributed by atoms with Gasteiger partial charge in [-0.05, 0) is 37.1 Å². The van der Waals surface area contributed by atoms with Gasteiger partial charge in [-0.25, -0.2) is 4.39 Å². The summed E-state index contributed by atoms with van der Waals surface area (Å²) in [7, 11) is 0. The molecule has 1 aliphatic heterocycles. The molecule has 2 aromatic rings. The largest absolute Gasteiger partial charge is 0.493 e. The monoisotopic (exact) mass is 334 g/mol. The Balaban J connectivity index is 1.52. The fourth-order valence-electron chi connectivity index (χ4n) is 2.83. The molecule has 1 unspecified atom stereocenters. The summed E-state index contributed by atoms with van der Waals surface area (Å²) in [6.07, 6.45) is 2.89. The second kappa shape index (κ2) is 6.96. The van der Waals surface area contributed by atoms with E-state index >= 15 is 0 Å². The molecule has 0 spiro atoms. The zero-order valence-corrected chi connectivity index (χ0v) is 13.1. The molecule has 2 N–H and O–H groups in total. The van der Waals surface area contributed by atoms with Crippen molar-refractivity contribution in [3.63, 3.8) is 0 Å². The lowest BCUT2D eigenvalue weighted by atomic mass is 9.90. The SMILES string of the molecule is O=C(CCOc1ccc(F)cc1)N1CCCC(O)(c2cn[nH]n2)C1. The number of carbonyl (C=O) groups excluding carboxylic acids is 1. The third-order valence-corrected chi connectivity index (χ3v) is 4.11. The van der Waals surface area contributed by atoms with E-state index in [0.29, 0.717) is 30.8 Å². The maximum absolute atomic E-state index is 12.8. The first-order valence-electron chi connectivity index (χ1n) is 7.82. The van der Waals surface area contributed by atoms with Crippen molar-refractivity contribution in [3.05, 3.63) is 42.0 Å². The van der Waals surface area contributed by atoms with Gasteiger partial charge in [-0.15, -0.1) is 0 Å². The maximum atomic E-state index is 12.8. The number of likely N-dealkylation sites (tertiary alicyclic amines) is 1. The number of ether oxygens (including phenoxy) is 1. The van der Waals surface area contributed by atoms with Crippen LogP contribution < -0.4 is 4.74 Å². The topological polar surface area (TPSA) is 91.3 Å². The highest BCUT2D eigenvalue weighted by Crippen LogP contribution is 2.29. The van der Waals surface area contributed by atoms with Gasteiger partial charge in [-0.1, -0.05) is 0 Å². The molecule has 0 saturated carbocycles. The normalized spacial score (nSPS) is 20.8. The third-order valence-electron chi connectivity index (χ3n) is 4.11. The number of aromatic amines is 1. The third kappa shape index (κ3) is 3.70. The van der Waals surface area contributed by atoms with Crippen molar-refractivity contribution in [2.75, 3.05) is 19.7 Å². The minimum Gasteiger partial charge on any atom is -0.493 e. The first-order valence-corrected chi connectivity index (χ1v) is 7.82. The summed E-state index contributed by atoms with van der Waals surface area (Å²) in [5, 5.41) is 20.8. The number of β-amino-alcohol motifs (C(OH)–C–C–N with tert-alkyl or cyclic N) is 1. The number of aromatic nitrogens is 3. The van der Waals surface area contributed by atoms with E-state index in [2.05, 4.69) is 15.4 Å². The van der Waals surface area contributed by atoms with Gasteiger partial charge in [-0.2, -0.15) is 15.4 Å². The standard InChI is InChI=1S/C16H19FN4O3/c17-12-2-4-13(5-3-12)24-9-6-15(22)21-8-1-7-16(23,11-21)14-10-18-20-19-14/h2-5,10,23H,1,6-9,11H2,(H,18,19,20). The minimum absolute atomic E-state index is 0.0984. The molecule has 0 aliphatic carbocycles. The highest BCUT2D eigenvalue weighted by atomic mass is 19.1. The molecule has 1 saturated heterocycles. The summed E-state index contributed by atoms with van der Waals surface area (Å²) in [6, 6.07) is 5.65. The number of benzene rings is 1. The quantitative estimate of drug-likeness (QED) is 0.858. The van der Waals surface area contributed by atoms with Crippen LogP contribution in [0.15, 0.2) is 30.5 Å². The smallest absolute Gasteiger partial charge is 0.226 e. The number of hydrogen-bond acceptors (Lipinski definition) is 5. The van der Waals surface area contributed by atoms with Gasteiger partial charge in [0.1, 0.15) is 22.9 Å². The van der Waals surface area contributed by atoms with Crippen LogP contribution in [0.4, 0.5) is 4.39 Å². The number of nitrogens with zero attached hydrogens (tertiary/aromatic N) is 3. The maximum Gasteiger partial charge on any atom is 0.226 e. The van der Waals surface area contributed by atoms with E-state index in [9.17, 15) is 14.3 Å². The molecule has 128 valence electrons. The average molecular weight is 334 g/mol. The number of rotatable bonds is 5. The molecule has 3 rings (SSSR count). The lowest BCUT2D eigenvalue weighted by Gasteiger charge is -2.38. The van der Waals surface area contributed by atoms with Gasteiger partial charge < -0.3 is 14.7 Å². The summed E-state index contributed by atoms with van der Waals surface area (Å²) in [6.45, 7) is 0.980. The molecule has 1 atom stereocenters. The number of H-pyrrole nitrogens is 1. The van der Waals surface area contributed by atoms with Crippen LogP contribution in [0.25, 0.3) is 0 Å². The van der Waals surface area contributed by atoms with Crippen LogP contribution in [0.2, 0.25) is 0 Å². The van der Waals surface area contributed by atoms with Crippen molar-refractivity contribution < 1.29 is 19.0 Å². The van der Waals surface area contributed by atoms with Crippen LogP contribution in [-0.4, -0.2) is 51.0 Å². The van der Waals surface area contributed by atoms with Crippen LogP contribution >= 0.6 is 0 Å². The molecule has 0 radical (unpaired) electrons. The summed E-state index contributed by atoms with van der Waals surface area (Å²) < 4.78 is 18.3. The Morgan fingerprint density at radius 3 is 2.92 bits per heavy atom. The minimum atomic E-state index is -1.17. The molecule has 1 aromatic carbocycles. The molecule has 24 heavy (non-hydrogen) atoms. The van der Waals surface area contributed by atoms with Gasteiger partial charge >= 0.3 is 0 Å². The van der Waals surface area contributed by atoms with Gasteiger partial charge in [0.05, 0.1) is 25.8 Å². The molecular formula is C16H19FN4O3. The predicted octanol–water partition coefficient (Wildman–Crippen LogP) is 1.22. The average Bonchev–Trinajstić information content (AvgIpc) is 3.12. The van der Waals surface area contributed by atoms with E-state index in [1.165, 1.54) is 30.5 Å². The summed E-state index contributed by atoms with van der Waals surface area (Å²) in [4.78, 5) is 13.9.